The number of nitrogens with zero attached hydrogens (tertiary/aromatic N) is 1. The molecule has 2 aliphatic rings. The molecule has 2 aromatic rings. The van der Waals surface area contributed by atoms with Crippen molar-refractivity contribution in [1.82, 2.24) is 10.2 Å². The van der Waals surface area contributed by atoms with Crippen molar-refractivity contribution in [3.63, 3.8) is 0 Å². The predicted molar refractivity (Wildman–Crippen MR) is 111 cm³/mol. The first kappa shape index (κ1) is 20.1. The number of hydrogen-bond donors (Lipinski definition) is 1. The van der Waals surface area contributed by atoms with Crippen molar-refractivity contribution < 1.29 is 19.1 Å². The first-order chi connectivity index (χ1) is 14.6. The first-order valence-corrected chi connectivity index (χ1v) is 10.5. The second-order valence-corrected chi connectivity index (χ2v) is 7.96. The molecule has 1 saturated heterocycles. The minimum Gasteiger partial charge on any atom is -0.489 e. The molecule has 1 aliphatic carbocycles. The molecule has 1 aliphatic heterocycles. The molecule has 0 unspecified atom stereocenters. The summed E-state index contributed by atoms with van der Waals surface area (Å²) in [7, 11) is 0. The molecule has 2 fully saturated rings. The minimum atomic E-state index is -0.313. The van der Waals surface area contributed by atoms with Crippen molar-refractivity contribution in [2.75, 3.05) is 6.54 Å². The van der Waals surface area contributed by atoms with Gasteiger partial charge in [0.2, 0.25) is 17.7 Å². The normalized spacial score (nSPS) is 20.7. The van der Waals surface area contributed by atoms with Crippen molar-refractivity contribution in [3.05, 3.63) is 65.7 Å². The molecule has 156 valence electrons. The van der Waals surface area contributed by atoms with Crippen LogP contribution in [0, 0.1) is 11.8 Å². The van der Waals surface area contributed by atoms with Crippen molar-refractivity contribution in [2.45, 2.75) is 38.8 Å². The highest BCUT2D eigenvalue weighted by Gasteiger charge is 2.48. The van der Waals surface area contributed by atoms with Crippen LogP contribution >= 0.6 is 0 Å². The summed E-state index contributed by atoms with van der Waals surface area (Å²) in [6, 6.07) is 17.4. The molecule has 2 aromatic carbocycles. The number of imide groups is 1. The third kappa shape index (κ3) is 4.53. The SMILES string of the molecule is O=C(CN1C(=O)[C@H]2CCCC[C@@H]2C1=O)NCc1ccc(COc2ccccc2)cc1. The summed E-state index contributed by atoms with van der Waals surface area (Å²) in [6.07, 6.45) is 3.47. The van der Waals surface area contributed by atoms with E-state index in [1.165, 1.54) is 0 Å². The fourth-order valence-corrected chi connectivity index (χ4v) is 4.22. The van der Waals surface area contributed by atoms with E-state index in [1.807, 2.05) is 54.6 Å². The Bertz CT molecular complexity index is 887. The smallest absolute Gasteiger partial charge is 0.240 e. The Morgan fingerprint density at radius 3 is 2.13 bits per heavy atom. The minimum absolute atomic E-state index is 0.178. The van der Waals surface area contributed by atoms with Crippen molar-refractivity contribution in [2.24, 2.45) is 11.8 Å². The highest BCUT2D eigenvalue weighted by molar-refractivity contribution is 6.07. The summed E-state index contributed by atoms with van der Waals surface area (Å²) in [6.45, 7) is 0.633. The standard InChI is InChI=1S/C24H26N2O4/c27-22(15-26-23(28)20-8-4-5-9-21(20)24(26)29)25-14-17-10-12-18(13-11-17)16-30-19-6-2-1-3-7-19/h1-3,6-7,10-13,20-21H,4-5,8-9,14-16H2,(H,25,27)/t20-,21-/m0/s1. The highest BCUT2D eigenvalue weighted by Crippen LogP contribution is 2.37. The molecule has 6 heteroatoms. The Morgan fingerprint density at radius 2 is 1.50 bits per heavy atom. The molecule has 0 aromatic heterocycles. The maximum absolute atomic E-state index is 12.5. The lowest BCUT2D eigenvalue weighted by molar-refractivity contribution is -0.143. The number of likely N-dealkylation sites (tertiary alicyclic amines) is 1. The van der Waals surface area contributed by atoms with Crippen LogP contribution in [0.1, 0.15) is 36.8 Å². The van der Waals surface area contributed by atoms with Gasteiger partial charge in [-0.15, -0.1) is 0 Å². The Morgan fingerprint density at radius 1 is 0.900 bits per heavy atom. The van der Waals surface area contributed by atoms with Gasteiger partial charge in [-0.1, -0.05) is 55.3 Å². The van der Waals surface area contributed by atoms with Gasteiger partial charge in [0.1, 0.15) is 18.9 Å². The van der Waals surface area contributed by atoms with Crippen LogP contribution in [-0.2, 0) is 27.5 Å². The molecule has 1 N–H and O–H groups in total. The molecule has 1 heterocycles. The summed E-state index contributed by atoms with van der Waals surface area (Å²) >= 11 is 0. The molecule has 0 radical (unpaired) electrons. The van der Waals surface area contributed by atoms with E-state index < -0.39 is 0 Å². The number of ether oxygens (including phenoxy) is 1. The van der Waals surface area contributed by atoms with Crippen LogP contribution in [0.15, 0.2) is 54.6 Å². The molecule has 0 bridgehead atoms. The fourth-order valence-electron chi connectivity index (χ4n) is 4.22. The van der Waals surface area contributed by atoms with Gasteiger partial charge in [0.15, 0.2) is 0 Å². The molecule has 1 saturated carbocycles. The number of nitrogens with one attached hydrogen (secondary N) is 1. The summed E-state index contributed by atoms with van der Waals surface area (Å²) in [5.41, 5.74) is 1.98. The molecule has 30 heavy (non-hydrogen) atoms. The Kier molecular flexibility index (Phi) is 6.12. The molecule has 6 nitrogen and oxygen atoms in total. The Hall–Kier alpha value is -3.15. The first-order valence-electron chi connectivity index (χ1n) is 10.5. The van der Waals surface area contributed by atoms with Crippen LogP contribution in [0.2, 0.25) is 0 Å². The summed E-state index contributed by atoms with van der Waals surface area (Å²) in [5.74, 6) is -0.286. The van der Waals surface area contributed by atoms with Gasteiger partial charge in [-0.05, 0) is 36.1 Å². The molecule has 2 atom stereocenters. The summed E-state index contributed by atoms with van der Waals surface area (Å²) < 4.78 is 5.73. The zero-order chi connectivity index (χ0) is 20.9. The van der Waals surface area contributed by atoms with Gasteiger partial charge in [-0.25, -0.2) is 0 Å². The van der Waals surface area contributed by atoms with E-state index in [9.17, 15) is 14.4 Å². The van der Waals surface area contributed by atoms with Gasteiger partial charge < -0.3 is 10.1 Å². The second-order valence-electron chi connectivity index (χ2n) is 7.96. The number of rotatable bonds is 7. The van der Waals surface area contributed by atoms with Gasteiger partial charge in [0.05, 0.1) is 11.8 Å². The quantitative estimate of drug-likeness (QED) is 0.717. The molecule has 3 amide bonds. The lowest BCUT2D eigenvalue weighted by Crippen LogP contribution is -2.40. The number of hydrogen-bond acceptors (Lipinski definition) is 4. The van der Waals surface area contributed by atoms with Crippen LogP contribution in [-0.4, -0.2) is 29.2 Å². The van der Waals surface area contributed by atoms with E-state index >= 15 is 0 Å². The van der Waals surface area contributed by atoms with Crippen molar-refractivity contribution in [3.8, 4) is 5.75 Å². The number of carbonyl (C=O) groups is 3. The molecule has 0 spiro atoms. The molecule has 4 rings (SSSR count). The number of benzene rings is 2. The maximum Gasteiger partial charge on any atom is 0.240 e. The molecular formula is C24H26N2O4. The van der Waals surface area contributed by atoms with E-state index in [4.69, 9.17) is 4.74 Å². The lowest BCUT2D eigenvalue weighted by atomic mass is 9.81. The largest absolute Gasteiger partial charge is 0.489 e. The second kappa shape index (κ2) is 9.11. The number of amides is 3. The monoisotopic (exact) mass is 406 g/mol. The maximum atomic E-state index is 12.5. The predicted octanol–water partition coefficient (Wildman–Crippen LogP) is 3.06. The Labute approximate surface area is 176 Å². The lowest BCUT2D eigenvalue weighted by Gasteiger charge is -2.19. The van der Waals surface area contributed by atoms with Crippen LogP contribution in [0.4, 0.5) is 0 Å². The van der Waals surface area contributed by atoms with E-state index in [0.29, 0.717) is 13.2 Å². The highest BCUT2D eigenvalue weighted by atomic mass is 16.5. The van der Waals surface area contributed by atoms with Crippen molar-refractivity contribution in [1.29, 1.82) is 0 Å². The van der Waals surface area contributed by atoms with Crippen molar-refractivity contribution >= 4 is 17.7 Å². The van der Waals surface area contributed by atoms with Gasteiger partial charge in [-0.3, -0.25) is 19.3 Å². The summed E-state index contributed by atoms with van der Waals surface area (Å²) in [4.78, 5) is 38.4. The van der Waals surface area contributed by atoms with E-state index in [2.05, 4.69) is 5.32 Å². The van der Waals surface area contributed by atoms with Crippen LogP contribution in [0.5, 0.6) is 5.75 Å². The topological polar surface area (TPSA) is 75.7 Å². The van der Waals surface area contributed by atoms with Crippen LogP contribution in [0.3, 0.4) is 0 Å². The average molecular weight is 406 g/mol. The molecular weight excluding hydrogens is 380 g/mol. The van der Waals surface area contributed by atoms with Crippen LogP contribution < -0.4 is 10.1 Å². The fraction of sp³-hybridized carbons (Fsp3) is 0.375. The average Bonchev–Trinajstić information content (AvgIpc) is 3.03. The van der Waals surface area contributed by atoms with E-state index in [-0.39, 0.29) is 36.1 Å². The van der Waals surface area contributed by atoms with Gasteiger partial charge >= 0.3 is 0 Å². The third-order valence-electron chi connectivity index (χ3n) is 5.90. The number of fused-ring (bicyclic) bond motifs is 1. The number of para-hydroxylation sites is 1. The van der Waals surface area contributed by atoms with Crippen LogP contribution in [0.25, 0.3) is 0 Å². The third-order valence-corrected chi connectivity index (χ3v) is 5.90. The Balaban J connectivity index is 1.25. The van der Waals surface area contributed by atoms with E-state index in [1.54, 1.807) is 0 Å². The van der Waals surface area contributed by atoms with E-state index in [0.717, 1.165) is 47.5 Å². The van der Waals surface area contributed by atoms with Gasteiger partial charge in [0, 0.05) is 6.54 Å². The van der Waals surface area contributed by atoms with Gasteiger partial charge in [-0.2, -0.15) is 0 Å². The summed E-state index contributed by atoms with van der Waals surface area (Å²) in [5, 5.41) is 2.81. The number of carbonyl (C=O) groups excluding carboxylic acids is 3. The zero-order valence-corrected chi connectivity index (χ0v) is 16.9. The van der Waals surface area contributed by atoms with Gasteiger partial charge in [0.25, 0.3) is 0 Å². The zero-order valence-electron chi connectivity index (χ0n) is 16.9.